The SMILES string of the molecule is O=C(Nc1cnc(CBr)cn1)/C(=N/OC1CCCC1)c1ccc(S(=O)(=O)C2CC2)cc1. The molecule has 8 nitrogen and oxygen atoms in total. The molecule has 1 N–H and O–H groups in total. The minimum absolute atomic E-state index is 0.0182. The van der Waals surface area contributed by atoms with Gasteiger partial charge in [-0.25, -0.2) is 13.4 Å². The normalized spacial score (nSPS) is 17.5. The van der Waals surface area contributed by atoms with Crippen molar-refractivity contribution >= 4 is 43.2 Å². The quantitative estimate of drug-likeness (QED) is 0.332. The zero-order valence-corrected chi connectivity index (χ0v) is 19.2. The minimum Gasteiger partial charge on any atom is -0.392 e. The van der Waals surface area contributed by atoms with E-state index in [1.54, 1.807) is 18.3 Å². The topological polar surface area (TPSA) is 111 Å². The molecular weight excluding hydrogens is 484 g/mol. The van der Waals surface area contributed by atoms with Crippen molar-refractivity contribution < 1.29 is 18.0 Å². The number of aromatic nitrogens is 2. The smallest absolute Gasteiger partial charge is 0.279 e. The maximum atomic E-state index is 13.0. The van der Waals surface area contributed by atoms with Crippen molar-refractivity contribution in [1.82, 2.24) is 9.97 Å². The maximum absolute atomic E-state index is 13.0. The molecule has 164 valence electrons. The highest BCUT2D eigenvalue weighted by Gasteiger charge is 2.36. The molecule has 2 aliphatic rings. The lowest BCUT2D eigenvalue weighted by Crippen LogP contribution is -2.25. The van der Waals surface area contributed by atoms with Crippen molar-refractivity contribution in [2.45, 2.75) is 60.1 Å². The fourth-order valence-electron chi connectivity index (χ4n) is 3.38. The average molecular weight is 507 g/mol. The molecule has 0 spiro atoms. The Hall–Kier alpha value is -2.33. The van der Waals surface area contributed by atoms with Gasteiger partial charge in [0.25, 0.3) is 5.91 Å². The molecule has 2 aromatic rings. The molecule has 2 fully saturated rings. The third kappa shape index (κ3) is 5.30. The van der Waals surface area contributed by atoms with Gasteiger partial charge in [0.05, 0.1) is 28.2 Å². The Kier molecular flexibility index (Phi) is 6.66. The fraction of sp³-hybridized carbons (Fsp3) is 0.429. The van der Waals surface area contributed by atoms with Crippen molar-refractivity contribution in [2.75, 3.05) is 5.32 Å². The standard InChI is InChI=1S/C21H23BrN4O4S/c22-11-15-12-24-19(13-23-15)25-21(27)20(26-30-16-3-1-2-4-16)14-5-7-17(8-6-14)31(28,29)18-9-10-18/h5-8,12-13,16,18H,1-4,9-11H2,(H,24,25,27)/b26-20+. The summed E-state index contributed by atoms with van der Waals surface area (Å²) in [7, 11) is -3.30. The van der Waals surface area contributed by atoms with E-state index in [2.05, 4.69) is 36.4 Å². The minimum atomic E-state index is -3.30. The molecule has 2 saturated carbocycles. The number of anilines is 1. The van der Waals surface area contributed by atoms with Gasteiger partial charge in [-0.05, 0) is 50.7 Å². The first-order chi connectivity index (χ1) is 15.0. The summed E-state index contributed by atoms with van der Waals surface area (Å²) in [4.78, 5) is 27.2. The van der Waals surface area contributed by atoms with Gasteiger partial charge in [-0.2, -0.15) is 0 Å². The average Bonchev–Trinajstić information content (AvgIpc) is 3.52. The van der Waals surface area contributed by atoms with Gasteiger partial charge in [0, 0.05) is 10.9 Å². The second-order valence-electron chi connectivity index (χ2n) is 7.70. The van der Waals surface area contributed by atoms with Crippen LogP contribution in [0, 0.1) is 0 Å². The van der Waals surface area contributed by atoms with E-state index < -0.39 is 15.7 Å². The van der Waals surface area contributed by atoms with Crippen LogP contribution >= 0.6 is 15.9 Å². The summed E-state index contributed by atoms with van der Waals surface area (Å²) in [5.41, 5.74) is 1.27. The second-order valence-corrected chi connectivity index (χ2v) is 10.5. The molecule has 0 atom stereocenters. The summed E-state index contributed by atoms with van der Waals surface area (Å²) in [6.07, 6.45) is 8.36. The molecule has 31 heavy (non-hydrogen) atoms. The van der Waals surface area contributed by atoms with Crippen LogP contribution in [0.5, 0.6) is 0 Å². The Balaban J connectivity index is 1.57. The molecule has 4 rings (SSSR count). The number of alkyl halides is 1. The van der Waals surface area contributed by atoms with Crippen LogP contribution in [0.4, 0.5) is 5.82 Å². The molecule has 1 aromatic heterocycles. The van der Waals surface area contributed by atoms with Crippen molar-refractivity contribution in [3.8, 4) is 0 Å². The fourth-order valence-corrected chi connectivity index (χ4v) is 5.33. The van der Waals surface area contributed by atoms with Crippen LogP contribution in [-0.2, 0) is 24.8 Å². The number of nitrogens with one attached hydrogen (secondary N) is 1. The van der Waals surface area contributed by atoms with Gasteiger partial charge in [0.2, 0.25) is 0 Å². The first-order valence-electron chi connectivity index (χ1n) is 10.2. The second kappa shape index (κ2) is 9.44. The molecule has 0 bridgehead atoms. The zero-order chi connectivity index (χ0) is 21.8. The first kappa shape index (κ1) is 21.9. The van der Waals surface area contributed by atoms with Crippen molar-refractivity contribution in [3.63, 3.8) is 0 Å². The van der Waals surface area contributed by atoms with Gasteiger partial charge in [-0.1, -0.05) is 33.2 Å². The Morgan fingerprint density at radius 3 is 2.39 bits per heavy atom. The number of sulfone groups is 1. The summed E-state index contributed by atoms with van der Waals surface area (Å²) in [6.45, 7) is 0. The number of carbonyl (C=O) groups excluding carboxylic acids is 1. The monoisotopic (exact) mass is 506 g/mol. The third-order valence-electron chi connectivity index (χ3n) is 5.31. The first-order valence-corrected chi connectivity index (χ1v) is 12.9. The van der Waals surface area contributed by atoms with Crippen LogP contribution in [0.2, 0.25) is 0 Å². The van der Waals surface area contributed by atoms with E-state index in [-0.39, 0.29) is 27.8 Å². The number of halogens is 1. The Labute approximate surface area is 189 Å². The lowest BCUT2D eigenvalue weighted by Gasteiger charge is -2.11. The molecule has 0 aliphatic heterocycles. The third-order valence-corrected chi connectivity index (χ3v) is 8.17. The van der Waals surface area contributed by atoms with Gasteiger partial charge < -0.3 is 10.2 Å². The van der Waals surface area contributed by atoms with Crippen molar-refractivity contribution in [1.29, 1.82) is 0 Å². The number of carbonyl (C=O) groups is 1. The number of benzene rings is 1. The Morgan fingerprint density at radius 2 is 1.81 bits per heavy atom. The van der Waals surface area contributed by atoms with E-state index in [0.29, 0.717) is 23.7 Å². The summed E-state index contributed by atoms with van der Waals surface area (Å²) in [5.74, 6) is -0.215. The zero-order valence-electron chi connectivity index (χ0n) is 16.8. The number of oxime groups is 1. The number of hydrogen-bond acceptors (Lipinski definition) is 7. The lowest BCUT2D eigenvalue weighted by molar-refractivity contribution is -0.110. The highest BCUT2D eigenvalue weighted by molar-refractivity contribution is 9.08. The van der Waals surface area contributed by atoms with E-state index >= 15 is 0 Å². The number of nitrogens with zero attached hydrogens (tertiary/aromatic N) is 3. The van der Waals surface area contributed by atoms with Crippen LogP contribution in [0.1, 0.15) is 49.8 Å². The largest absolute Gasteiger partial charge is 0.392 e. The molecule has 0 saturated heterocycles. The predicted molar refractivity (Wildman–Crippen MR) is 120 cm³/mol. The molecule has 0 radical (unpaired) electrons. The van der Waals surface area contributed by atoms with Gasteiger partial charge in [0.1, 0.15) is 6.10 Å². The summed E-state index contributed by atoms with van der Waals surface area (Å²) < 4.78 is 24.9. The summed E-state index contributed by atoms with van der Waals surface area (Å²) in [6, 6.07) is 6.22. The highest BCUT2D eigenvalue weighted by atomic mass is 79.9. The van der Waals surface area contributed by atoms with Crippen molar-refractivity contribution in [2.24, 2.45) is 5.16 Å². The lowest BCUT2D eigenvalue weighted by atomic mass is 10.1. The molecule has 2 aliphatic carbocycles. The van der Waals surface area contributed by atoms with E-state index in [4.69, 9.17) is 4.84 Å². The van der Waals surface area contributed by atoms with E-state index in [9.17, 15) is 13.2 Å². The van der Waals surface area contributed by atoms with Gasteiger partial charge >= 0.3 is 0 Å². The van der Waals surface area contributed by atoms with Crippen LogP contribution in [-0.4, -0.2) is 41.4 Å². The van der Waals surface area contributed by atoms with Crippen LogP contribution in [0.3, 0.4) is 0 Å². The maximum Gasteiger partial charge on any atom is 0.279 e. The van der Waals surface area contributed by atoms with Gasteiger partial charge in [-0.15, -0.1) is 0 Å². The molecule has 1 aromatic carbocycles. The summed E-state index contributed by atoms with van der Waals surface area (Å²) >= 11 is 3.30. The van der Waals surface area contributed by atoms with E-state index in [1.807, 2.05) is 0 Å². The van der Waals surface area contributed by atoms with Crippen LogP contribution in [0.15, 0.2) is 46.7 Å². The number of amides is 1. The molecule has 0 unspecified atom stereocenters. The highest BCUT2D eigenvalue weighted by Crippen LogP contribution is 2.33. The van der Waals surface area contributed by atoms with E-state index in [1.165, 1.54) is 18.3 Å². The van der Waals surface area contributed by atoms with Gasteiger partial charge in [0.15, 0.2) is 21.4 Å². The number of rotatable bonds is 8. The van der Waals surface area contributed by atoms with Crippen LogP contribution in [0.25, 0.3) is 0 Å². The molecule has 10 heteroatoms. The number of hydrogen-bond donors (Lipinski definition) is 1. The Morgan fingerprint density at radius 1 is 1.10 bits per heavy atom. The molecular formula is C21H23BrN4O4S. The van der Waals surface area contributed by atoms with Gasteiger partial charge in [-0.3, -0.25) is 9.78 Å². The van der Waals surface area contributed by atoms with Crippen molar-refractivity contribution in [3.05, 3.63) is 47.9 Å². The molecule has 1 heterocycles. The van der Waals surface area contributed by atoms with E-state index in [0.717, 1.165) is 31.4 Å². The summed E-state index contributed by atoms with van der Waals surface area (Å²) in [5, 5.41) is 7.10. The van der Waals surface area contributed by atoms with Crippen LogP contribution < -0.4 is 5.32 Å². The predicted octanol–water partition coefficient (Wildman–Crippen LogP) is 3.61. The Bertz CT molecular complexity index is 1060. The molecule has 1 amide bonds.